The number of aryl methyl sites for hydroxylation is 1. The molecule has 0 aliphatic rings. The first kappa shape index (κ1) is 20.9. The number of amides is 1. The number of carbonyl (C=O) groups is 1. The van der Waals surface area contributed by atoms with Gasteiger partial charge in [-0.1, -0.05) is 11.6 Å². The van der Waals surface area contributed by atoms with Crippen molar-refractivity contribution >= 4 is 23.2 Å². The van der Waals surface area contributed by atoms with Crippen LogP contribution in [0.5, 0.6) is 17.2 Å². The number of halogens is 1. The van der Waals surface area contributed by atoms with Crippen LogP contribution in [0.2, 0.25) is 5.02 Å². The summed E-state index contributed by atoms with van der Waals surface area (Å²) in [5.74, 6) is 1.39. The highest BCUT2D eigenvalue weighted by atomic mass is 35.5. The van der Waals surface area contributed by atoms with Crippen LogP contribution < -0.4 is 19.5 Å². The molecule has 0 heterocycles. The van der Waals surface area contributed by atoms with Crippen molar-refractivity contribution in [2.24, 2.45) is 0 Å². The standard InChI is InChI=1S/C20H24ClNO5/c1-12-9-16(19(27-4)11-15(12)21)22-20(24)8-7-17(23)14-6-5-13(25-2)10-18(14)26-3/h5-6,9-11,17,23H,7-8H2,1-4H3,(H,22,24). The van der Waals surface area contributed by atoms with E-state index in [0.717, 1.165) is 5.56 Å². The second kappa shape index (κ2) is 9.48. The lowest BCUT2D eigenvalue weighted by Crippen LogP contribution is -2.14. The van der Waals surface area contributed by atoms with Crippen LogP contribution >= 0.6 is 11.6 Å². The second-order valence-electron chi connectivity index (χ2n) is 6.01. The average molecular weight is 394 g/mol. The molecule has 1 unspecified atom stereocenters. The van der Waals surface area contributed by atoms with Gasteiger partial charge in [0.05, 0.1) is 33.1 Å². The summed E-state index contributed by atoms with van der Waals surface area (Å²) in [4.78, 5) is 12.3. The summed E-state index contributed by atoms with van der Waals surface area (Å²) < 4.78 is 15.7. The van der Waals surface area contributed by atoms with Crippen LogP contribution in [0, 0.1) is 6.92 Å². The van der Waals surface area contributed by atoms with Crippen LogP contribution in [0.15, 0.2) is 30.3 Å². The van der Waals surface area contributed by atoms with Crippen molar-refractivity contribution in [1.82, 2.24) is 0 Å². The van der Waals surface area contributed by atoms with Gasteiger partial charge < -0.3 is 24.6 Å². The number of aliphatic hydroxyl groups excluding tert-OH is 1. The van der Waals surface area contributed by atoms with Crippen molar-refractivity contribution in [2.45, 2.75) is 25.9 Å². The van der Waals surface area contributed by atoms with Gasteiger partial charge in [-0.25, -0.2) is 0 Å². The number of carbonyl (C=O) groups excluding carboxylic acids is 1. The molecule has 2 aromatic rings. The fourth-order valence-corrected chi connectivity index (χ4v) is 2.81. The van der Waals surface area contributed by atoms with E-state index in [4.69, 9.17) is 25.8 Å². The van der Waals surface area contributed by atoms with Gasteiger partial charge in [0.15, 0.2) is 0 Å². The van der Waals surface area contributed by atoms with Crippen LogP contribution in [0.3, 0.4) is 0 Å². The molecule has 0 spiro atoms. The van der Waals surface area contributed by atoms with Gasteiger partial charge >= 0.3 is 0 Å². The minimum atomic E-state index is -0.842. The number of nitrogens with one attached hydrogen (secondary N) is 1. The monoisotopic (exact) mass is 393 g/mol. The van der Waals surface area contributed by atoms with Gasteiger partial charge in [-0.3, -0.25) is 4.79 Å². The molecule has 0 radical (unpaired) electrons. The molecule has 27 heavy (non-hydrogen) atoms. The molecule has 0 aromatic heterocycles. The van der Waals surface area contributed by atoms with Crippen molar-refractivity contribution in [2.75, 3.05) is 26.6 Å². The largest absolute Gasteiger partial charge is 0.497 e. The summed E-state index contributed by atoms with van der Waals surface area (Å²) >= 11 is 6.08. The molecule has 146 valence electrons. The molecule has 1 atom stereocenters. The predicted molar refractivity (Wildman–Crippen MR) is 105 cm³/mol. The summed E-state index contributed by atoms with van der Waals surface area (Å²) in [5, 5.41) is 13.8. The topological polar surface area (TPSA) is 77.0 Å². The number of hydrogen-bond donors (Lipinski definition) is 2. The van der Waals surface area contributed by atoms with Crippen molar-refractivity contribution in [1.29, 1.82) is 0 Å². The van der Waals surface area contributed by atoms with E-state index in [1.165, 1.54) is 14.2 Å². The van der Waals surface area contributed by atoms with E-state index in [-0.39, 0.29) is 18.7 Å². The van der Waals surface area contributed by atoms with E-state index in [0.29, 0.717) is 33.5 Å². The molecule has 2 rings (SSSR count). The number of benzene rings is 2. The van der Waals surface area contributed by atoms with Crippen LogP contribution in [0.1, 0.15) is 30.1 Å². The molecule has 0 saturated carbocycles. The highest BCUT2D eigenvalue weighted by molar-refractivity contribution is 6.31. The second-order valence-corrected chi connectivity index (χ2v) is 6.42. The van der Waals surface area contributed by atoms with Crippen molar-refractivity contribution in [3.05, 3.63) is 46.5 Å². The Kier molecular flexibility index (Phi) is 7.33. The zero-order valence-corrected chi connectivity index (χ0v) is 16.6. The van der Waals surface area contributed by atoms with Crippen molar-refractivity contribution in [3.63, 3.8) is 0 Å². The summed E-state index contributed by atoms with van der Waals surface area (Å²) in [7, 11) is 4.59. The van der Waals surface area contributed by atoms with E-state index in [1.807, 2.05) is 6.92 Å². The maximum absolute atomic E-state index is 12.3. The highest BCUT2D eigenvalue weighted by Gasteiger charge is 2.17. The van der Waals surface area contributed by atoms with Crippen molar-refractivity contribution in [3.8, 4) is 17.2 Å². The molecule has 2 N–H and O–H groups in total. The molecule has 2 aromatic carbocycles. The maximum Gasteiger partial charge on any atom is 0.224 e. The Morgan fingerprint density at radius 1 is 1.11 bits per heavy atom. The summed E-state index contributed by atoms with van der Waals surface area (Å²) in [5.41, 5.74) is 1.97. The van der Waals surface area contributed by atoms with E-state index >= 15 is 0 Å². The number of aliphatic hydroxyl groups is 1. The first-order chi connectivity index (χ1) is 12.9. The first-order valence-electron chi connectivity index (χ1n) is 8.43. The predicted octanol–water partition coefficient (Wildman–Crippen LogP) is 4.13. The van der Waals surface area contributed by atoms with Gasteiger partial charge in [0, 0.05) is 29.1 Å². The number of methoxy groups -OCH3 is 3. The quantitative estimate of drug-likeness (QED) is 0.705. The lowest BCUT2D eigenvalue weighted by atomic mass is 10.0. The minimum Gasteiger partial charge on any atom is -0.497 e. The van der Waals surface area contributed by atoms with E-state index in [2.05, 4.69) is 5.32 Å². The van der Waals surface area contributed by atoms with Gasteiger partial charge in [0.25, 0.3) is 0 Å². The number of ether oxygens (including phenoxy) is 3. The Labute approximate surface area is 164 Å². The highest BCUT2D eigenvalue weighted by Crippen LogP contribution is 2.33. The van der Waals surface area contributed by atoms with Gasteiger partial charge in [0.2, 0.25) is 5.91 Å². The molecule has 0 fully saturated rings. The summed E-state index contributed by atoms with van der Waals surface area (Å²) in [6, 6.07) is 8.57. The molecular weight excluding hydrogens is 370 g/mol. The molecule has 0 aliphatic heterocycles. The number of anilines is 1. The molecule has 7 heteroatoms. The van der Waals surface area contributed by atoms with E-state index in [1.54, 1.807) is 37.4 Å². The smallest absolute Gasteiger partial charge is 0.224 e. The molecular formula is C20H24ClNO5. The van der Waals surface area contributed by atoms with Gasteiger partial charge in [0.1, 0.15) is 17.2 Å². The van der Waals surface area contributed by atoms with E-state index in [9.17, 15) is 9.90 Å². The van der Waals surface area contributed by atoms with Crippen LogP contribution in [0.25, 0.3) is 0 Å². The number of hydrogen-bond acceptors (Lipinski definition) is 5. The van der Waals surface area contributed by atoms with Gasteiger partial charge in [-0.2, -0.15) is 0 Å². The van der Waals surface area contributed by atoms with Crippen LogP contribution in [0.4, 0.5) is 5.69 Å². The van der Waals surface area contributed by atoms with Crippen LogP contribution in [-0.4, -0.2) is 32.3 Å². The first-order valence-corrected chi connectivity index (χ1v) is 8.81. The third-order valence-electron chi connectivity index (χ3n) is 4.20. The number of rotatable bonds is 8. The van der Waals surface area contributed by atoms with Gasteiger partial charge in [-0.05, 0) is 37.1 Å². The Morgan fingerprint density at radius 3 is 2.44 bits per heavy atom. The lowest BCUT2D eigenvalue weighted by Gasteiger charge is -2.16. The zero-order chi connectivity index (χ0) is 20.0. The Balaban J connectivity index is 2.03. The fraction of sp³-hybridized carbons (Fsp3) is 0.350. The SMILES string of the molecule is COc1ccc(C(O)CCC(=O)Nc2cc(C)c(Cl)cc2OC)c(OC)c1. The maximum atomic E-state index is 12.3. The molecule has 0 bridgehead atoms. The third kappa shape index (κ3) is 5.28. The Bertz CT molecular complexity index is 809. The lowest BCUT2D eigenvalue weighted by molar-refractivity contribution is -0.116. The van der Waals surface area contributed by atoms with Gasteiger partial charge in [-0.15, -0.1) is 0 Å². The molecule has 6 nitrogen and oxygen atoms in total. The third-order valence-corrected chi connectivity index (χ3v) is 4.61. The zero-order valence-electron chi connectivity index (χ0n) is 15.8. The molecule has 1 amide bonds. The molecule has 0 aliphatic carbocycles. The molecule has 0 saturated heterocycles. The Morgan fingerprint density at radius 2 is 1.81 bits per heavy atom. The fourth-order valence-electron chi connectivity index (χ4n) is 2.66. The van der Waals surface area contributed by atoms with Crippen molar-refractivity contribution < 1.29 is 24.1 Å². The summed E-state index contributed by atoms with van der Waals surface area (Å²) in [6.07, 6.45) is -0.477. The van der Waals surface area contributed by atoms with E-state index < -0.39 is 6.10 Å². The Hall–Kier alpha value is -2.44. The normalized spacial score (nSPS) is 11.6. The van der Waals surface area contributed by atoms with Crippen LogP contribution in [-0.2, 0) is 4.79 Å². The average Bonchev–Trinajstić information content (AvgIpc) is 2.68. The minimum absolute atomic E-state index is 0.126. The summed E-state index contributed by atoms with van der Waals surface area (Å²) in [6.45, 7) is 1.84.